The van der Waals surface area contributed by atoms with Gasteiger partial charge in [0.05, 0.1) is 5.84 Å². The molecule has 0 rings (SSSR count). The molecule has 12 heavy (non-hydrogen) atoms. The molecule has 0 aliphatic rings. The van der Waals surface area contributed by atoms with E-state index < -0.39 is 0 Å². The molecule has 70 valence electrons. The first-order valence-corrected chi connectivity index (χ1v) is 4.32. The minimum atomic E-state index is 0.0701. The van der Waals surface area contributed by atoms with E-state index in [2.05, 4.69) is 32.3 Å². The lowest BCUT2D eigenvalue weighted by Crippen LogP contribution is -2.25. The Morgan fingerprint density at radius 1 is 1.67 bits per heavy atom. The summed E-state index contributed by atoms with van der Waals surface area (Å²) in [7, 11) is 0. The Morgan fingerprint density at radius 3 is 2.42 bits per heavy atom. The third-order valence-corrected chi connectivity index (χ3v) is 2.45. The van der Waals surface area contributed by atoms with Crippen LogP contribution in [0.5, 0.6) is 0 Å². The highest BCUT2D eigenvalue weighted by atomic mass is 14.8. The number of rotatable bonds is 4. The second-order valence-corrected chi connectivity index (χ2v) is 3.82. The van der Waals surface area contributed by atoms with Crippen LogP contribution in [0, 0.1) is 11.3 Å². The molecule has 1 atom stereocenters. The number of nitrogens with two attached hydrogens (primary N) is 1. The molecule has 0 spiro atoms. The highest BCUT2D eigenvalue weighted by Crippen LogP contribution is 2.28. The fraction of sp³-hybridized carbons (Fsp3) is 0.700. The molecule has 0 aromatic heterocycles. The summed E-state index contributed by atoms with van der Waals surface area (Å²) in [5.41, 5.74) is 5.54. The van der Waals surface area contributed by atoms with Gasteiger partial charge in [-0.3, -0.25) is 4.99 Å². The zero-order valence-electron chi connectivity index (χ0n) is 8.59. The van der Waals surface area contributed by atoms with Crippen molar-refractivity contribution in [3.05, 3.63) is 12.7 Å². The van der Waals surface area contributed by atoms with Crippen LogP contribution in [0.2, 0.25) is 0 Å². The summed E-state index contributed by atoms with van der Waals surface area (Å²) in [6.07, 6.45) is 1.96. The van der Waals surface area contributed by atoms with Crippen LogP contribution in [-0.2, 0) is 0 Å². The fourth-order valence-corrected chi connectivity index (χ4v) is 0.778. The van der Waals surface area contributed by atoms with Gasteiger partial charge in [-0.2, -0.15) is 0 Å². The third-order valence-electron chi connectivity index (χ3n) is 2.45. The number of aliphatic imine (C=N–C) groups is 1. The number of hydrogen-bond acceptors (Lipinski definition) is 1. The number of hydrogen-bond donors (Lipinski definition) is 1. The van der Waals surface area contributed by atoms with Crippen LogP contribution in [0.15, 0.2) is 17.6 Å². The number of amidine groups is 1. The van der Waals surface area contributed by atoms with E-state index in [1.165, 1.54) is 0 Å². The van der Waals surface area contributed by atoms with Gasteiger partial charge in [0.15, 0.2) is 0 Å². The highest BCUT2D eigenvalue weighted by molar-refractivity contribution is 5.77. The first kappa shape index (κ1) is 11.2. The molecule has 0 radical (unpaired) electrons. The number of nitrogens with zero attached hydrogens (tertiary/aromatic N) is 1. The van der Waals surface area contributed by atoms with Gasteiger partial charge in [-0.1, -0.05) is 26.8 Å². The van der Waals surface area contributed by atoms with Crippen molar-refractivity contribution in [3.63, 3.8) is 0 Å². The van der Waals surface area contributed by atoms with Crippen LogP contribution in [0.1, 0.15) is 27.7 Å². The molecule has 0 aromatic rings. The Hall–Kier alpha value is -0.790. The third kappa shape index (κ3) is 3.07. The van der Waals surface area contributed by atoms with Crippen LogP contribution < -0.4 is 5.73 Å². The topological polar surface area (TPSA) is 38.4 Å². The molecule has 2 heteroatoms. The van der Waals surface area contributed by atoms with Crippen molar-refractivity contribution < 1.29 is 0 Å². The Kier molecular flexibility index (Phi) is 4.01. The van der Waals surface area contributed by atoms with E-state index in [0.717, 1.165) is 6.54 Å². The lowest BCUT2D eigenvalue weighted by Gasteiger charge is -2.28. The summed E-state index contributed by atoms with van der Waals surface area (Å²) in [5.74, 6) is 1.18. The van der Waals surface area contributed by atoms with Crippen molar-refractivity contribution in [1.82, 2.24) is 0 Å². The minimum Gasteiger partial charge on any atom is -0.388 e. The van der Waals surface area contributed by atoms with Crippen LogP contribution in [0.3, 0.4) is 0 Å². The Bertz CT molecular complexity index is 178. The molecule has 0 fully saturated rings. The van der Waals surface area contributed by atoms with Crippen LogP contribution in [-0.4, -0.2) is 12.4 Å². The van der Waals surface area contributed by atoms with E-state index in [0.29, 0.717) is 11.8 Å². The monoisotopic (exact) mass is 168 g/mol. The molecule has 2 N–H and O–H groups in total. The quantitative estimate of drug-likeness (QED) is 0.390. The average molecular weight is 168 g/mol. The minimum absolute atomic E-state index is 0.0701. The summed E-state index contributed by atoms with van der Waals surface area (Å²) in [6, 6.07) is 0. The summed E-state index contributed by atoms with van der Waals surface area (Å²) in [6.45, 7) is 12.9. The summed E-state index contributed by atoms with van der Waals surface area (Å²) in [5, 5.41) is 0. The van der Waals surface area contributed by atoms with Gasteiger partial charge in [0.2, 0.25) is 0 Å². The van der Waals surface area contributed by atoms with Crippen LogP contribution >= 0.6 is 0 Å². The molecular weight excluding hydrogens is 148 g/mol. The molecule has 2 nitrogen and oxygen atoms in total. The second-order valence-electron chi connectivity index (χ2n) is 3.82. The molecule has 0 aromatic carbocycles. The maximum Gasteiger partial charge on any atom is 0.0905 e. The van der Waals surface area contributed by atoms with Crippen molar-refractivity contribution in [2.45, 2.75) is 27.7 Å². The van der Waals surface area contributed by atoms with Crippen molar-refractivity contribution in [1.29, 1.82) is 0 Å². The normalized spacial score (nSPS) is 17.6. The largest absolute Gasteiger partial charge is 0.388 e. The molecular formula is C10H20N2. The van der Waals surface area contributed by atoms with Gasteiger partial charge in [0.25, 0.3) is 0 Å². The molecule has 0 aliphatic carbocycles. The summed E-state index contributed by atoms with van der Waals surface area (Å²) in [4.78, 5) is 4.21. The zero-order valence-corrected chi connectivity index (χ0v) is 8.59. The first-order chi connectivity index (χ1) is 5.42. The second kappa shape index (κ2) is 4.29. The predicted molar refractivity (Wildman–Crippen MR) is 55.3 cm³/mol. The van der Waals surface area contributed by atoms with E-state index in [4.69, 9.17) is 5.73 Å². The summed E-state index contributed by atoms with van der Waals surface area (Å²) < 4.78 is 0. The van der Waals surface area contributed by atoms with Crippen LogP contribution in [0.4, 0.5) is 0 Å². The standard InChI is InChI=1S/C10H20N2/c1-6-10(5,8(2)3)7-12-9(4)11/h6,8H,1,7H2,2-5H3,(H2,11,12). The molecule has 0 bridgehead atoms. The van der Waals surface area contributed by atoms with Gasteiger partial charge in [-0.25, -0.2) is 0 Å². The SMILES string of the molecule is C=CC(C)(CN=C(C)N)C(C)C. The van der Waals surface area contributed by atoms with Crippen molar-refractivity contribution in [3.8, 4) is 0 Å². The van der Waals surface area contributed by atoms with Gasteiger partial charge in [-0.15, -0.1) is 6.58 Å². The predicted octanol–water partition coefficient (Wildman–Crippen LogP) is 2.21. The summed E-state index contributed by atoms with van der Waals surface area (Å²) >= 11 is 0. The molecule has 0 aliphatic heterocycles. The van der Waals surface area contributed by atoms with E-state index in [1.54, 1.807) is 0 Å². The van der Waals surface area contributed by atoms with Crippen molar-refractivity contribution >= 4 is 5.84 Å². The van der Waals surface area contributed by atoms with Crippen molar-refractivity contribution in [2.75, 3.05) is 6.54 Å². The maximum atomic E-state index is 5.47. The highest BCUT2D eigenvalue weighted by Gasteiger charge is 2.23. The van der Waals surface area contributed by atoms with E-state index in [9.17, 15) is 0 Å². The molecule has 1 unspecified atom stereocenters. The molecule has 0 heterocycles. The molecule has 0 amide bonds. The Morgan fingerprint density at radius 2 is 2.17 bits per heavy atom. The maximum absolute atomic E-state index is 5.47. The average Bonchev–Trinajstić information content (AvgIpc) is 1.99. The van der Waals surface area contributed by atoms with Gasteiger partial charge in [0, 0.05) is 12.0 Å². The van der Waals surface area contributed by atoms with E-state index in [1.807, 2.05) is 13.0 Å². The van der Waals surface area contributed by atoms with E-state index in [-0.39, 0.29) is 5.41 Å². The lowest BCUT2D eigenvalue weighted by atomic mass is 9.79. The molecule has 0 saturated carbocycles. The van der Waals surface area contributed by atoms with Gasteiger partial charge in [0.1, 0.15) is 0 Å². The van der Waals surface area contributed by atoms with Gasteiger partial charge >= 0.3 is 0 Å². The lowest BCUT2D eigenvalue weighted by molar-refractivity contribution is 0.310. The Balaban J connectivity index is 4.35. The fourth-order valence-electron chi connectivity index (χ4n) is 0.778. The first-order valence-electron chi connectivity index (χ1n) is 4.32. The van der Waals surface area contributed by atoms with Crippen LogP contribution in [0.25, 0.3) is 0 Å². The van der Waals surface area contributed by atoms with Crippen molar-refractivity contribution in [2.24, 2.45) is 22.1 Å². The Labute approximate surface area is 75.6 Å². The van der Waals surface area contributed by atoms with Gasteiger partial charge in [-0.05, 0) is 12.8 Å². The van der Waals surface area contributed by atoms with E-state index >= 15 is 0 Å². The van der Waals surface area contributed by atoms with Gasteiger partial charge < -0.3 is 5.73 Å². The molecule has 0 saturated heterocycles. The zero-order chi connectivity index (χ0) is 9.78. The smallest absolute Gasteiger partial charge is 0.0905 e.